The highest BCUT2D eigenvalue weighted by Crippen LogP contribution is 2.37. The Kier molecular flexibility index (Phi) is 4.53. The SMILES string of the molecule is COc1ccc(Br)c(C(N)c2cnccc2C(F)(F)F)c1. The van der Waals surface area contributed by atoms with Crippen molar-refractivity contribution in [2.24, 2.45) is 5.73 Å². The van der Waals surface area contributed by atoms with Gasteiger partial charge in [0.05, 0.1) is 18.7 Å². The zero-order valence-electron chi connectivity index (χ0n) is 11.0. The second-order valence-corrected chi connectivity index (χ2v) is 5.18. The third-order valence-electron chi connectivity index (χ3n) is 3.03. The lowest BCUT2D eigenvalue weighted by molar-refractivity contribution is -0.138. The summed E-state index contributed by atoms with van der Waals surface area (Å²) in [7, 11) is 1.48. The molecule has 1 aromatic carbocycles. The lowest BCUT2D eigenvalue weighted by Gasteiger charge is -2.19. The fourth-order valence-electron chi connectivity index (χ4n) is 1.97. The minimum absolute atomic E-state index is 0.0843. The molecule has 2 N–H and O–H groups in total. The molecule has 0 saturated heterocycles. The molecule has 0 aliphatic heterocycles. The van der Waals surface area contributed by atoms with Gasteiger partial charge in [0.15, 0.2) is 0 Å². The molecule has 0 amide bonds. The molecule has 0 aliphatic carbocycles. The van der Waals surface area contributed by atoms with Gasteiger partial charge in [-0.15, -0.1) is 0 Å². The molecule has 2 aromatic rings. The number of alkyl halides is 3. The fourth-order valence-corrected chi connectivity index (χ4v) is 2.46. The smallest absolute Gasteiger partial charge is 0.416 e. The van der Waals surface area contributed by atoms with Crippen LogP contribution in [0.2, 0.25) is 0 Å². The lowest BCUT2D eigenvalue weighted by Crippen LogP contribution is -2.19. The average molecular weight is 361 g/mol. The molecule has 7 heteroatoms. The Labute approximate surface area is 128 Å². The number of nitrogens with zero attached hydrogens (tertiary/aromatic N) is 1. The van der Waals surface area contributed by atoms with Crippen molar-refractivity contribution in [1.29, 1.82) is 0 Å². The van der Waals surface area contributed by atoms with Gasteiger partial charge in [0, 0.05) is 22.4 Å². The number of benzene rings is 1. The molecule has 3 nitrogen and oxygen atoms in total. The van der Waals surface area contributed by atoms with Crippen LogP contribution in [0, 0.1) is 0 Å². The molecule has 2 rings (SSSR count). The summed E-state index contributed by atoms with van der Waals surface area (Å²) in [5, 5.41) is 0. The maximum absolute atomic E-state index is 13.1. The van der Waals surface area contributed by atoms with Gasteiger partial charge in [-0.1, -0.05) is 15.9 Å². The van der Waals surface area contributed by atoms with Crippen LogP contribution < -0.4 is 10.5 Å². The molecule has 1 unspecified atom stereocenters. The molecule has 112 valence electrons. The number of methoxy groups -OCH3 is 1. The van der Waals surface area contributed by atoms with E-state index in [0.717, 1.165) is 18.5 Å². The van der Waals surface area contributed by atoms with E-state index in [0.29, 0.717) is 15.8 Å². The lowest BCUT2D eigenvalue weighted by atomic mass is 9.96. The summed E-state index contributed by atoms with van der Waals surface area (Å²) in [5.41, 5.74) is 5.63. The number of halogens is 4. The van der Waals surface area contributed by atoms with Crippen LogP contribution in [0.1, 0.15) is 22.7 Å². The van der Waals surface area contributed by atoms with Gasteiger partial charge in [0.25, 0.3) is 0 Å². The van der Waals surface area contributed by atoms with Crippen molar-refractivity contribution in [3.63, 3.8) is 0 Å². The summed E-state index contributed by atoms with van der Waals surface area (Å²) in [5.74, 6) is 0.515. The molecular formula is C14H12BrF3N2O. The Morgan fingerprint density at radius 1 is 1.24 bits per heavy atom. The standard InChI is InChI=1S/C14H12BrF3N2O/c1-21-8-2-3-12(15)9(6-8)13(19)10-7-20-5-4-11(10)14(16,17)18/h2-7,13H,19H2,1H3. The maximum Gasteiger partial charge on any atom is 0.416 e. The van der Waals surface area contributed by atoms with Crippen molar-refractivity contribution in [3.05, 3.63) is 57.8 Å². The molecule has 0 radical (unpaired) electrons. The number of rotatable bonds is 3. The molecule has 21 heavy (non-hydrogen) atoms. The largest absolute Gasteiger partial charge is 0.497 e. The third-order valence-corrected chi connectivity index (χ3v) is 3.75. The molecule has 0 spiro atoms. The monoisotopic (exact) mass is 360 g/mol. The fraction of sp³-hybridized carbons (Fsp3) is 0.214. The van der Waals surface area contributed by atoms with E-state index in [1.807, 2.05) is 0 Å². The van der Waals surface area contributed by atoms with Gasteiger partial charge in [0.2, 0.25) is 0 Å². The number of nitrogens with two attached hydrogens (primary N) is 1. The highest BCUT2D eigenvalue weighted by molar-refractivity contribution is 9.10. The van der Waals surface area contributed by atoms with E-state index in [-0.39, 0.29) is 5.56 Å². The quantitative estimate of drug-likeness (QED) is 0.902. The number of hydrogen-bond acceptors (Lipinski definition) is 3. The zero-order chi connectivity index (χ0) is 15.6. The average Bonchev–Trinajstić information content (AvgIpc) is 2.46. The summed E-state index contributed by atoms with van der Waals surface area (Å²) < 4.78 is 44.8. The Morgan fingerprint density at radius 3 is 2.57 bits per heavy atom. The normalized spacial score (nSPS) is 13.0. The summed E-state index contributed by atoms with van der Waals surface area (Å²) in [6, 6.07) is 4.91. The topological polar surface area (TPSA) is 48.1 Å². The van der Waals surface area contributed by atoms with Gasteiger partial charge in [-0.05, 0) is 29.8 Å². The minimum Gasteiger partial charge on any atom is -0.497 e. The molecule has 0 aliphatic rings. The van der Waals surface area contributed by atoms with Crippen LogP contribution in [-0.2, 0) is 6.18 Å². The maximum atomic E-state index is 13.1. The number of ether oxygens (including phenoxy) is 1. The Balaban J connectivity index is 2.53. The summed E-state index contributed by atoms with van der Waals surface area (Å²) in [4.78, 5) is 3.75. The first-order valence-corrected chi connectivity index (χ1v) is 6.74. The van der Waals surface area contributed by atoms with Crippen LogP contribution in [0.25, 0.3) is 0 Å². The van der Waals surface area contributed by atoms with Gasteiger partial charge in [-0.25, -0.2) is 0 Å². The second kappa shape index (κ2) is 6.03. The predicted octanol–water partition coefficient (Wildman–Crippen LogP) is 3.92. The third kappa shape index (κ3) is 3.36. The van der Waals surface area contributed by atoms with E-state index in [9.17, 15) is 13.2 Å². The Bertz CT molecular complexity index is 646. The van der Waals surface area contributed by atoms with Crippen molar-refractivity contribution in [2.75, 3.05) is 7.11 Å². The first kappa shape index (κ1) is 15.8. The van der Waals surface area contributed by atoms with E-state index in [4.69, 9.17) is 10.5 Å². The van der Waals surface area contributed by atoms with Gasteiger partial charge in [-0.3, -0.25) is 4.98 Å². The van der Waals surface area contributed by atoms with Crippen LogP contribution in [0.4, 0.5) is 13.2 Å². The van der Waals surface area contributed by atoms with Crippen LogP contribution in [0.5, 0.6) is 5.75 Å². The minimum atomic E-state index is -4.48. The van der Waals surface area contributed by atoms with Crippen molar-refractivity contribution >= 4 is 15.9 Å². The zero-order valence-corrected chi connectivity index (χ0v) is 12.6. The molecule has 1 atom stereocenters. The van der Waals surface area contributed by atoms with Crippen LogP contribution in [0.3, 0.4) is 0 Å². The highest BCUT2D eigenvalue weighted by atomic mass is 79.9. The van der Waals surface area contributed by atoms with Gasteiger partial charge < -0.3 is 10.5 Å². The summed E-state index contributed by atoms with van der Waals surface area (Å²) in [6.45, 7) is 0. The first-order valence-electron chi connectivity index (χ1n) is 5.94. The van der Waals surface area contributed by atoms with E-state index in [1.165, 1.54) is 7.11 Å². The van der Waals surface area contributed by atoms with Gasteiger partial charge >= 0.3 is 6.18 Å². The van der Waals surface area contributed by atoms with Gasteiger partial charge in [-0.2, -0.15) is 13.2 Å². The Morgan fingerprint density at radius 2 is 1.95 bits per heavy atom. The second-order valence-electron chi connectivity index (χ2n) is 4.33. The van der Waals surface area contributed by atoms with Crippen molar-refractivity contribution < 1.29 is 17.9 Å². The summed E-state index contributed by atoms with van der Waals surface area (Å²) >= 11 is 3.30. The Hall–Kier alpha value is -1.60. The van der Waals surface area contributed by atoms with Crippen LogP contribution in [-0.4, -0.2) is 12.1 Å². The van der Waals surface area contributed by atoms with E-state index in [2.05, 4.69) is 20.9 Å². The van der Waals surface area contributed by atoms with Crippen LogP contribution >= 0.6 is 15.9 Å². The van der Waals surface area contributed by atoms with E-state index in [1.54, 1.807) is 18.2 Å². The number of hydrogen-bond donors (Lipinski definition) is 1. The highest BCUT2D eigenvalue weighted by Gasteiger charge is 2.35. The van der Waals surface area contributed by atoms with E-state index >= 15 is 0 Å². The molecule has 0 fully saturated rings. The molecule has 0 saturated carbocycles. The van der Waals surface area contributed by atoms with Crippen molar-refractivity contribution in [3.8, 4) is 5.75 Å². The predicted molar refractivity (Wildman–Crippen MR) is 76.0 cm³/mol. The number of aromatic nitrogens is 1. The molecule has 0 bridgehead atoms. The van der Waals surface area contributed by atoms with Crippen molar-refractivity contribution in [2.45, 2.75) is 12.2 Å². The molecule has 1 heterocycles. The molecule has 1 aromatic heterocycles. The van der Waals surface area contributed by atoms with Crippen molar-refractivity contribution in [1.82, 2.24) is 4.98 Å². The van der Waals surface area contributed by atoms with Gasteiger partial charge in [0.1, 0.15) is 5.75 Å². The number of pyridine rings is 1. The first-order chi connectivity index (χ1) is 9.84. The molecular weight excluding hydrogens is 349 g/mol. The van der Waals surface area contributed by atoms with Crippen LogP contribution in [0.15, 0.2) is 41.1 Å². The summed E-state index contributed by atoms with van der Waals surface area (Å²) in [6.07, 6.45) is -2.25. The van der Waals surface area contributed by atoms with E-state index < -0.39 is 17.8 Å².